The molecular formula is C19H26N4O3. The van der Waals surface area contributed by atoms with E-state index in [4.69, 9.17) is 14.2 Å². The van der Waals surface area contributed by atoms with Crippen molar-refractivity contribution in [2.24, 2.45) is 4.99 Å². The van der Waals surface area contributed by atoms with Crippen LogP contribution in [0.1, 0.15) is 18.9 Å². The van der Waals surface area contributed by atoms with Crippen molar-refractivity contribution in [3.63, 3.8) is 0 Å². The summed E-state index contributed by atoms with van der Waals surface area (Å²) >= 11 is 0. The Morgan fingerprint density at radius 2 is 1.96 bits per heavy atom. The van der Waals surface area contributed by atoms with E-state index in [1.807, 2.05) is 30.3 Å². The lowest BCUT2D eigenvalue weighted by atomic mass is 10.2. The second kappa shape index (κ2) is 10.1. The van der Waals surface area contributed by atoms with Crippen LogP contribution in [-0.2, 0) is 6.54 Å². The van der Waals surface area contributed by atoms with Crippen LogP contribution in [0.5, 0.6) is 17.4 Å². The van der Waals surface area contributed by atoms with E-state index >= 15 is 0 Å². The molecule has 0 atom stereocenters. The Bertz CT molecular complexity index is 734. The number of pyridine rings is 1. The van der Waals surface area contributed by atoms with Crippen molar-refractivity contribution in [3.8, 4) is 17.4 Å². The molecule has 1 aromatic heterocycles. The van der Waals surface area contributed by atoms with Gasteiger partial charge in [-0.1, -0.05) is 13.0 Å². The third kappa shape index (κ3) is 5.27. The molecule has 0 bridgehead atoms. The molecule has 0 spiro atoms. The number of methoxy groups -OCH3 is 2. The van der Waals surface area contributed by atoms with Crippen LogP contribution in [0, 0.1) is 0 Å². The molecule has 2 aromatic rings. The fourth-order valence-electron chi connectivity index (χ4n) is 2.30. The number of rotatable bonds is 8. The predicted octanol–water partition coefficient (Wildman–Crippen LogP) is 3.08. The van der Waals surface area contributed by atoms with Gasteiger partial charge in [-0.15, -0.1) is 0 Å². The van der Waals surface area contributed by atoms with Gasteiger partial charge in [0.1, 0.15) is 0 Å². The van der Waals surface area contributed by atoms with E-state index in [-0.39, 0.29) is 0 Å². The Kier molecular flexibility index (Phi) is 7.54. The summed E-state index contributed by atoms with van der Waals surface area (Å²) in [6.07, 6.45) is 2.66. The standard InChI is InChI=1S/C19H26N4O3/c1-5-11-26-18-14(7-6-10-21-18)13-22-19(20-2)23-15-8-9-16(24-3)17(12-15)25-4/h6-10,12H,5,11,13H2,1-4H3,(H2,20,22,23). The number of guanidine groups is 1. The van der Waals surface area contributed by atoms with Gasteiger partial charge in [0.05, 0.1) is 20.8 Å². The first-order valence-electron chi connectivity index (χ1n) is 8.48. The molecule has 0 aliphatic carbocycles. The van der Waals surface area contributed by atoms with Gasteiger partial charge >= 0.3 is 0 Å². The summed E-state index contributed by atoms with van der Waals surface area (Å²) in [5.41, 5.74) is 1.81. The first kappa shape index (κ1) is 19.4. The quantitative estimate of drug-likeness (QED) is 0.558. The van der Waals surface area contributed by atoms with Crippen LogP contribution < -0.4 is 24.8 Å². The highest BCUT2D eigenvalue weighted by molar-refractivity contribution is 5.93. The minimum absolute atomic E-state index is 0.542. The Hall–Kier alpha value is -2.96. The van der Waals surface area contributed by atoms with E-state index in [1.54, 1.807) is 27.5 Å². The minimum Gasteiger partial charge on any atom is -0.493 e. The molecule has 0 saturated heterocycles. The number of hydrogen-bond donors (Lipinski definition) is 2. The van der Waals surface area contributed by atoms with Crippen LogP contribution in [-0.4, -0.2) is 38.8 Å². The highest BCUT2D eigenvalue weighted by Crippen LogP contribution is 2.29. The van der Waals surface area contributed by atoms with Crippen LogP contribution >= 0.6 is 0 Å². The molecular weight excluding hydrogens is 332 g/mol. The van der Waals surface area contributed by atoms with Crippen LogP contribution in [0.3, 0.4) is 0 Å². The van der Waals surface area contributed by atoms with Crippen molar-refractivity contribution >= 4 is 11.6 Å². The van der Waals surface area contributed by atoms with Gasteiger partial charge in [-0.25, -0.2) is 4.98 Å². The topological polar surface area (TPSA) is 77.0 Å². The summed E-state index contributed by atoms with van der Waals surface area (Å²) in [6, 6.07) is 9.46. The van der Waals surface area contributed by atoms with Gasteiger partial charge in [0.2, 0.25) is 5.88 Å². The van der Waals surface area contributed by atoms with Crippen LogP contribution in [0.2, 0.25) is 0 Å². The average Bonchev–Trinajstić information content (AvgIpc) is 2.69. The molecule has 7 nitrogen and oxygen atoms in total. The van der Waals surface area contributed by atoms with E-state index in [0.717, 1.165) is 17.7 Å². The molecule has 0 unspecified atom stereocenters. The molecule has 7 heteroatoms. The molecule has 0 aliphatic rings. The largest absolute Gasteiger partial charge is 0.493 e. The molecule has 1 heterocycles. The summed E-state index contributed by atoms with van der Waals surface area (Å²) in [6.45, 7) is 3.25. The van der Waals surface area contributed by atoms with Crippen molar-refractivity contribution in [2.75, 3.05) is 33.2 Å². The van der Waals surface area contributed by atoms with E-state index in [2.05, 4.69) is 27.5 Å². The normalized spacial score (nSPS) is 11.0. The van der Waals surface area contributed by atoms with Gasteiger partial charge in [-0.3, -0.25) is 4.99 Å². The second-order valence-electron chi connectivity index (χ2n) is 5.44. The van der Waals surface area contributed by atoms with Gasteiger partial charge in [-0.05, 0) is 24.6 Å². The van der Waals surface area contributed by atoms with Crippen LogP contribution in [0.25, 0.3) is 0 Å². The fourth-order valence-corrected chi connectivity index (χ4v) is 2.30. The van der Waals surface area contributed by atoms with Crippen molar-refractivity contribution in [3.05, 3.63) is 42.1 Å². The monoisotopic (exact) mass is 358 g/mol. The zero-order valence-corrected chi connectivity index (χ0v) is 15.7. The lowest BCUT2D eigenvalue weighted by Crippen LogP contribution is -2.30. The number of aliphatic imine (C=N–C) groups is 1. The van der Waals surface area contributed by atoms with E-state index in [9.17, 15) is 0 Å². The van der Waals surface area contributed by atoms with Gasteiger partial charge in [0.15, 0.2) is 17.5 Å². The molecule has 0 saturated carbocycles. The Morgan fingerprint density at radius 3 is 2.65 bits per heavy atom. The van der Waals surface area contributed by atoms with Crippen molar-refractivity contribution in [1.82, 2.24) is 10.3 Å². The number of ether oxygens (including phenoxy) is 3. The van der Waals surface area contributed by atoms with E-state index in [1.165, 1.54) is 0 Å². The molecule has 0 aliphatic heterocycles. The first-order chi connectivity index (χ1) is 12.7. The number of aromatic nitrogens is 1. The number of benzene rings is 1. The molecule has 140 valence electrons. The van der Waals surface area contributed by atoms with Gasteiger partial charge in [-0.2, -0.15) is 0 Å². The SMILES string of the molecule is CCCOc1ncccc1CNC(=NC)Nc1ccc(OC)c(OC)c1. The lowest BCUT2D eigenvalue weighted by molar-refractivity contribution is 0.301. The summed E-state index contributed by atoms with van der Waals surface area (Å²) in [7, 11) is 4.93. The fraction of sp³-hybridized carbons (Fsp3) is 0.368. The molecule has 0 fully saturated rings. The average molecular weight is 358 g/mol. The van der Waals surface area contributed by atoms with E-state index in [0.29, 0.717) is 36.5 Å². The van der Waals surface area contributed by atoms with E-state index < -0.39 is 0 Å². The third-order valence-corrected chi connectivity index (χ3v) is 3.61. The highest BCUT2D eigenvalue weighted by Gasteiger charge is 2.08. The van der Waals surface area contributed by atoms with Crippen molar-refractivity contribution in [1.29, 1.82) is 0 Å². The van der Waals surface area contributed by atoms with Gasteiger partial charge < -0.3 is 24.8 Å². The summed E-state index contributed by atoms with van der Waals surface area (Å²) in [5, 5.41) is 6.49. The molecule has 0 radical (unpaired) electrons. The van der Waals surface area contributed by atoms with Crippen LogP contribution in [0.15, 0.2) is 41.5 Å². The summed E-state index contributed by atoms with van der Waals surface area (Å²) in [4.78, 5) is 8.54. The lowest BCUT2D eigenvalue weighted by Gasteiger charge is -2.15. The zero-order chi connectivity index (χ0) is 18.8. The summed E-state index contributed by atoms with van der Waals surface area (Å²) < 4.78 is 16.3. The zero-order valence-electron chi connectivity index (χ0n) is 15.7. The van der Waals surface area contributed by atoms with Gasteiger partial charge in [0.25, 0.3) is 0 Å². The van der Waals surface area contributed by atoms with Crippen LogP contribution in [0.4, 0.5) is 5.69 Å². The minimum atomic E-state index is 0.542. The maximum absolute atomic E-state index is 5.68. The molecule has 0 amide bonds. The Labute approximate surface area is 154 Å². The third-order valence-electron chi connectivity index (χ3n) is 3.61. The Balaban J connectivity index is 2.03. The Morgan fingerprint density at radius 1 is 1.15 bits per heavy atom. The second-order valence-corrected chi connectivity index (χ2v) is 5.44. The number of nitrogens with zero attached hydrogens (tertiary/aromatic N) is 2. The number of anilines is 1. The molecule has 2 rings (SSSR count). The summed E-state index contributed by atoms with van der Waals surface area (Å²) in [5.74, 6) is 2.59. The van der Waals surface area contributed by atoms with Crippen molar-refractivity contribution < 1.29 is 14.2 Å². The molecule has 26 heavy (non-hydrogen) atoms. The number of hydrogen-bond acceptors (Lipinski definition) is 5. The number of nitrogens with one attached hydrogen (secondary N) is 2. The smallest absolute Gasteiger partial charge is 0.218 e. The molecule has 1 aromatic carbocycles. The maximum Gasteiger partial charge on any atom is 0.218 e. The molecule has 2 N–H and O–H groups in total. The predicted molar refractivity (Wildman–Crippen MR) is 103 cm³/mol. The van der Waals surface area contributed by atoms with Gasteiger partial charge in [0, 0.05) is 37.1 Å². The highest BCUT2D eigenvalue weighted by atomic mass is 16.5. The first-order valence-corrected chi connectivity index (χ1v) is 8.48. The van der Waals surface area contributed by atoms with Crippen molar-refractivity contribution in [2.45, 2.75) is 19.9 Å². The maximum atomic E-state index is 5.68.